The highest BCUT2D eigenvalue weighted by Crippen LogP contribution is 2.42. The van der Waals surface area contributed by atoms with Crippen LogP contribution in [0.15, 0.2) is 24.3 Å². The fourth-order valence-corrected chi connectivity index (χ4v) is 4.10. The number of aliphatic carboxylic acids is 1. The van der Waals surface area contributed by atoms with Crippen LogP contribution in [0, 0.1) is 17.3 Å². The lowest BCUT2D eigenvalue weighted by molar-refractivity contribution is -0.157. The van der Waals surface area contributed by atoms with E-state index in [2.05, 4.69) is 0 Å². The van der Waals surface area contributed by atoms with Gasteiger partial charge in [-0.25, -0.2) is 0 Å². The van der Waals surface area contributed by atoms with E-state index in [1.807, 2.05) is 25.1 Å². The average molecular weight is 352 g/mol. The van der Waals surface area contributed by atoms with Crippen LogP contribution in [0.4, 0.5) is 0 Å². The van der Waals surface area contributed by atoms with Crippen molar-refractivity contribution in [3.8, 4) is 0 Å². The molecule has 24 heavy (non-hydrogen) atoms. The number of hydrogen-bond donors (Lipinski definition) is 1. The van der Waals surface area contributed by atoms with E-state index in [4.69, 9.17) is 16.3 Å². The van der Waals surface area contributed by atoms with Crippen molar-refractivity contribution in [2.24, 2.45) is 17.3 Å². The molecule has 3 rings (SSSR count). The predicted molar refractivity (Wildman–Crippen MR) is 89.9 cm³/mol. The van der Waals surface area contributed by atoms with Gasteiger partial charge in [0.15, 0.2) is 0 Å². The molecular formula is C18H22ClNO4. The van der Waals surface area contributed by atoms with Crippen LogP contribution in [-0.4, -0.2) is 48.2 Å². The first kappa shape index (κ1) is 17.2. The van der Waals surface area contributed by atoms with Crippen LogP contribution in [0.1, 0.15) is 18.9 Å². The monoisotopic (exact) mass is 351 g/mol. The van der Waals surface area contributed by atoms with Gasteiger partial charge >= 0.3 is 5.97 Å². The number of amides is 1. The standard InChI is InChI=1S/C18H22ClNO4/c1-12(7-13-3-2-4-15(19)8-13)16(21)20-9-14-10-24-6-5-18(14,11-20)17(22)23/h2-4,8,12,14H,5-7,9-11H2,1H3,(H,22,23)/t12?,14-,18+/m0/s1. The summed E-state index contributed by atoms with van der Waals surface area (Å²) in [6, 6.07) is 7.49. The number of carbonyl (C=O) groups excluding carboxylic acids is 1. The molecular weight excluding hydrogens is 330 g/mol. The smallest absolute Gasteiger partial charge is 0.311 e. The average Bonchev–Trinajstić information content (AvgIpc) is 2.95. The Morgan fingerprint density at radius 1 is 1.50 bits per heavy atom. The molecule has 6 heteroatoms. The Hall–Kier alpha value is -1.59. The van der Waals surface area contributed by atoms with Crippen LogP contribution in [0.25, 0.3) is 0 Å². The molecule has 1 N–H and O–H groups in total. The molecule has 0 aromatic heterocycles. The van der Waals surface area contributed by atoms with E-state index in [9.17, 15) is 14.7 Å². The highest BCUT2D eigenvalue weighted by molar-refractivity contribution is 6.30. The second-order valence-corrected chi connectivity index (χ2v) is 7.37. The Morgan fingerprint density at radius 3 is 2.96 bits per heavy atom. The Balaban J connectivity index is 1.70. The summed E-state index contributed by atoms with van der Waals surface area (Å²) in [4.78, 5) is 26.3. The minimum atomic E-state index is -0.844. The van der Waals surface area contributed by atoms with Crippen molar-refractivity contribution in [1.29, 1.82) is 0 Å². The Morgan fingerprint density at radius 2 is 2.29 bits per heavy atom. The molecule has 2 fully saturated rings. The summed E-state index contributed by atoms with van der Waals surface area (Å²) >= 11 is 6.00. The zero-order valence-corrected chi connectivity index (χ0v) is 14.5. The van der Waals surface area contributed by atoms with Crippen molar-refractivity contribution in [1.82, 2.24) is 4.90 Å². The fourth-order valence-electron chi connectivity index (χ4n) is 3.88. The molecule has 1 aromatic rings. The zero-order valence-electron chi connectivity index (χ0n) is 13.7. The van der Waals surface area contributed by atoms with Gasteiger partial charge in [0.05, 0.1) is 12.0 Å². The molecule has 0 bridgehead atoms. The van der Waals surface area contributed by atoms with Gasteiger partial charge in [-0.3, -0.25) is 9.59 Å². The molecule has 0 spiro atoms. The lowest BCUT2D eigenvalue weighted by atomic mass is 9.74. The number of ether oxygens (including phenoxy) is 1. The summed E-state index contributed by atoms with van der Waals surface area (Å²) in [6.45, 7) is 3.50. The first-order valence-electron chi connectivity index (χ1n) is 8.27. The summed E-state index contributed by atoms with van der Waals surface area (Å²) in [6.07, 6.45) is 1.07. The summed E-state index contributed by atoms with van der Waals surface area (Å²) in [5.74, 6) is -1.14. The fraction of sp³-hybridized carbons (Fsp3) is 0.556. The summed E-state index contributed by atoms with van der Waals surface area (Å²) < 4.78 is 5.44. The normalized spacial score (nSPS) is 27.6. The molecule has 2 aliphatic heterocycles. The number of halogens is 1. The molecule has 2 heterocycles. The van der Waals surface area contributed by atoms with Crippen molar-refractivity contribution < 1.29 is 19.4 Å². The van der Waals surface area contributed by atoms with Crippen LogP contribution in [0.5, 0.6) is 0 Å². The van der Waals surface area contributed by atoms with E-state index < -0.39 is 11.4 Å². The predicted octanol–water partition coefficient (Wildman–Crippen LogP) is 2.47. The molecule has 0 radical (unpaired) electrons. The van der Waals surface area contributed by atoms with E-state index in [0.29, 0.717) is 37.6 Å². The van der Waals surface area contributed by atoms with Gasteiger partial charge in [0.2, 0.25) is 5.91 Å². The van der Waals surface area contributed by atoms with Crippen LogP contribution in [0.2, 0.25) is 5.02 Å². The molecule has 2 aliphatic rings. The first-order valence-corrected chi connectivity index (χ1v) is 8.64. The third-order valence-corrected chi connectivity index (χ3v) is 5.53. The highest BCUT2D eigenvalue weighted by Gasteiger charge is 2.55. The van der Waals surface area contributed by atoms with Gasteiger partial charge in [-0.1, -0.05) is 30.7 Å². The van der Waals surface area contributed by atoms with E-state index in [1.54, 1.807) is 11.0 Å². The van der Waals surface area contributed by atoms with E-state index in [-0.39, 0.29) is 24.3 Å². The number of fused-ring (bicyclic) bond motifs is 1. The van der Waals surface area contributed by atoms with E-state index in [0.717, 1.165) is 5.56 Å². The number of likely N-dealkylation sites (tertiary alicyclic amines) is 1. The SMILES string of the molecule is CC(Cc1cccc(Cl)c1)C(=O)N1C[C@H]2COCC[C@@]2(C(=O)O)C1. The quantitative estimate of drug-likeness (QED) is 0.905. The number of nitrogens with zero attached hydrogens (tertiary/aromatic N) is 1. The van der Waals surface area contributed by atoms with Crippen LogP contribution in [-0.2, 0) is 20.7 Å². The molecule has 1 amide bonds. The Labute approximate surface area is 146 Å². The third kappa shape index (κ3) is 3.15. The maximum Gasteiger partial charge on any atom is 0.311 e. The number of benzene rings is 1. The molecule has 5 nitrogen and oxygen atoms in total. The maximum absolute atomic E-state index is 12.8. The van der Waals surface area contributed by atoms with Crippen molar-refractivity contribution in [3.05, 3.63) is 34.9 Å². The van der Waals surface area contributed by atoms with E-state index >= 15 is 0 Å². The Kier molecular flexibility index (Phi) is 4.83. The first-order chi connectivity index (χ1) is 11.4. The minimum absolute atomic E-state index is 0.00463. The van der Waals surface area contributed by atoms with Gasteiger partial charge in [0.1, 0.15) is 0 Å². The van der Waals surface area contributed by atoms with Crippen molar-refractivity contribution >= 4 is 23.5 Å². The van der Waals surface area contributed by atoms with Crippen LogP contribution in [0.3, 0.4) is 0 Å². The third-order valence-electron chi connectivity index (χ3n) is 5.30. The van der Waals surface area contributed by atoms with Crippen LogP contribution >= 0.6 is 11.6 Å². The molecule has 1 aromatic carbocycles. The molecule has 3 atom stereocenters. The summed E-state index contributed by atoms with van der Waals surface area (Å²) in [5.41, 5.74) is 0.167. The minimum Gasteiger partial charge on any atom is -0.481 e. The number of rotatable bonds is 4. The van der Waals surface area contributed by atoms with Crippen molar-refractivity contribution in [2.45, 2.75) is 19.8 Å². The van der Waals surface area contributed by atoms with Crippen molar-refractivity contribution in [2.75, 3.05) is 26.3 Å². The number of carbonyl (C=O) groups is 2. The van der Waals surface area contributed by atoms with Gasteiger partial charge in [0.25, 0.3) is 0 Å². The van der Waals surface area contributed by atoms with Crippen LogP contribution < -0.4 is 0 Å². The number of carboxylic acids is 1. The molecule has 0 aliphatic carbocycles. The molecule has 2 saturated heterocycles. The highest BCUT2D eigenvalue weighted by atomic mass is 35.5. The second kappa shape index (κ2) is 6.73. The molecule has 130 valence electrons. The second-order valence-electron chi connectivity index (χ2n) is 6.94. The topological polar surface area (TPSA) is 66.8 Å². The molecule has 0 saturated carbocycles. The van der Waals surface area contributed by atoms with Gasteiger partial charge in [-0.05, 0) is 30.5 Å². The van der Waals surface area contributed by atoms with Gasteiger partial charge in [-0.15, -0.1) is 0 Å². The van der Waals surface area contributed by atoms with E-state index in [1.165, 1.54) is 0 Å². The van der Waals surface area contributed by atoms with Gasteiger partial charge in [-0.2, -0.15) is 0 Å². The summed E-state index contributed by atoms with van der Waals surface area (Å²) in [5, 5.41) is 10.3. The molecule has 1 unspecified atom stereocenters. The number of hydrogen-bond acceptors (Lipinski definition) is 3. The van der Waals surface area contributed by atoms with Gasteiger partial charge in [0, 0.05) is 36.6 Å². The van der Waals surface area contributed by atoms with Gasteiger partial charge < -0.3 is 14.7 Å². The largest absolute Gasteiger partial charge is 0.481 e. The number of carboxylic acid groups (broad SMARTS) is 1. The maximum atomic E-state index is 12.8. The lowest BCUT2D eigenvalue weighted by Crippen LogP contribution is -2.45. The lowest BCUT2D eigenvalue weighted by Gasteiger charge is -2.33. The van der Waals surface area contributed by atoms with Crippen molar-refractivity contribution in [3.63, 3.8) is 0 Å². The Bertz CT molecular complexity index is 650. The summed E-state index contributed by atoms with van der Waals surface area (Å²) in [7, 11) is 0. The zero-order chi connectivity index (χ0) is 17.3.